The average Bonchev–Trinajstić information content (AvgIpc) is 3.24. The molecule has 152 valence electrons. The van der Waals surface area contributed by atoms with Gasteiger partial charge in [-0.25, -0.2) is 0 Å². The molecule has 3 aromatic rings. The summed E-state index contributed by atoms with van der Waals surface area (Å²) in [5.74, 6) is 13.1. The first kappa shape index (κ1) is 22.0. The molecule has 30 heavy (non-hydrogen) atoms. The first-order chi connectivity index (χ1) is 14.8. The van der Waals surface area contributed by atoms with Crippen LogP contribution in [-0.2, 0) is 12.8 Å². The molecule has 2 aromatic carbocycles. The second-order valence-electron chi connectivity index (χ2n) is 7.62. The first-order valence-electron chi connectivity index (χ1n) is 11.1. The van der Waals surface area contributed by atoms with Crippen LogP contribution in [0.15, 0.2) is 60.7 Å². The fourth-order valence-electron chi connectivity index (χ4n) is 3.29. The van der Waals surface area contributed by atoms with Crippen molar-refractivity contribution in [3.8, 4) is 23.7 Å². The summed E-state index contributed by atoms with van der Waals surface area (Å²) in [5, 5.41) is 0. The first-order valence-corrected chi connectivity index (χ1v) is 11.9. The van der Waals surface area contributed by atoms with Gasteiger partial charge in [-0.05, 0) is 66.8 Å². The zero-order valence-corrected chi connectivity index (χ0v) is 18.9. The van der Waals surface area contributed by atoms with E-state index < -0.39 is 0 Å². The monoisotopic (exact) mass is 410 g/mol. The number of rotatable bonds is 7. The van der Waals surface area contributed by atoms with Gasteiger partial charge in [0.2, 0.25) is 0 Å². The molecular formula is C29H30S. The van der Waals surface area contributed by atoms with Crippen LogP contribution >= 0.6 is 11.3 Å². The molecule has 0 aliphatic rings. The van der Waals surface area contributed by atoms with Crippen molar-refractivity contribution in [1.82, 2.24) is 0 Å². The Hall–Kier alpha value is -2.74. The molecule has 0 amide bonds. The minimum Gasteiger partial charge on any atom is -0.118 e. The highest BCUT2D eigenvalue weighted by atomic mass is 32.1. The van der Waals surface area contributed by atoms with Gasteiger partial charge < -0.3 is 0 Å². The molecule has 1 heteroatoms. The van der Waals surface area contributed by atoms with E-state index in [-0.39, 0.29) is 0 Å². The summed E-state index contributed by atoms with van der Waals surface area (Å²) in [6.45, 7) is 4.46. The smallest absolute Gasteiger partial charge is 0.0785 e. The minimum absolute atomic E-state index is 1.05. The fraction of sp³-hybridized carbons (Fsp3) is 0.310. The summed E-state index contributed by atoms with van der Waals surface area (Å²) >= 11 is 1.65. The molecule has 3 rings (SSSR count). The Bertz CT molecular complexity index is 1030. The quantitative estimate of drug-likeness (QED) is 0.277. The van der Waals surface area contributed by atoms with Gasteiger partial charge >= 0.3 is 0 Å². The summed E-state index contributed by atoms with van der Waals surface area (Å²) in [5.41, 5.74) is 4.92. The lowest BCUT2D eigenvalue weighted by molar-refractivity contribution is 0.667. The van der Waals surface area contributed by atoms with E-state index in [0.717, 1.165) is 27.3 Å². The van der Waals surface area contributed by atoms with E-state index in [1.807, 2.05) is 0 Å². The van der Waals surface area contributed by atoms with Crippen LogP contribution in [0.5, 0.6) is 0 Å². The van der Waals surface area contributed by atoms with Crippen LogP contribution < -0.4 is 0 Å². The van der Waals surface area contributed by atoms with Gasteiger partial charge in [0.25, 0.3) is 0 Å². The van der Waals surface area contributed by atoms with Gasteiger partial charge in [-0.3, -0.25) is 0 Å². The lowest BCUT2D eigenvalue weighted by Crippen LogP contribution is -1.86. The summed E-state index contributed by atoms with van der Waals surface area (Å²) in [4.78, 5) is 2.11. The van der Waals surface area contributed by atoms with Gasteiger partial charge in [-0.1, -0.05) is 87.5 Å². The third kappa shape index (κ3) is 7.26. The highest BCUT2D eigenvalue weighted by Gasteiger charge is 1.97. The van der Waals surface area contributed by atoms with E-state index in [4.69, 9.17) is 0 Å². The van der Waals surface area contributed by atoms with E-state index >= 15 is 0 Å². The van der Waals surface area contributed by atoms with E-state index in [1.165, 1.54) is 49.7 Å². The summed E-state index contributed by atoms with van der Waals surface area (Å²) < 4.78 is 0. The second-order valence-corrected chi connectivity index (χ2v) is 8.70. The minimum atomic E-state index is 1.05. The predicted octanol–water partition coefficient (Wildman–Crippen LogP) is 7.62. The normalized spacial score (nSPS) is 10.1. The van der Waals surface area contributed by atoms with E-state index in [2.05, 4.69) is 98.2 Å². The fourth-order valence-corrected chi connectivity index (χ4v) is 4.01. The van der Waals surface area contributed by atoms with E-state index in [9.17, 15) is 0 Å². The van der Waals surface area contributed by atoms with Crippen LogP contribution in [0.2, 0.25) is 0 Å². The van der Waals surface area contributed by atoms with Crippen LogP contribution in [0.3, 0.4) is 0 Å². The Labute approximate surface area is 186 Å². The van der Waals surface area contributed by atoms with Crippen LogP contribution in [0.4, 0.5) is 0 Å². The Kier molecular flexibility index (Phi) is 8.83. The molecule has 0 atom stereocenters. The van der Waals surface area contributed by atoms with Crippen LogP contribution in [0.25, 0.3) is 0 Å². The van der Waals surface area contributed by atoms with Gasteiger partial charge in [0, 0.05) is 11.1 Å². The molecule has 0 radical (unpaired) electrons. The number of unbranched alkanes of at least 4 members (excludes halogenated alkanes) is 3. The lowest BCUT2D eigenvalue weighted by atomic mass is 10.0. The summed E-state index contributed by atoms with van der Waals surface area (Å²) in [6, 6.07) is 21.4. The van der Waals surface area contributed by atoms with Gasteiger partial charge in [0.15, 0.2) is 0 Å². The molecule has 0 spiro atoms. The van der Waals surface area contributed by atoms with Crippen molar-refractivity contribution in [3.05, 3.63) is 92.7 Å². The number of benzene rings is 2. The Balaban J connectivity index is 1.57. The van der Waals surface area contributed by atoms with Crippen LogP contribution in [0.1, 0.15) is 78.0 Å². The maximum Gasteiger partial charge on any atom is 0.0785 e. The lowest BCUT2D eigenvalue weighted by Gasteiger charge is -2.01. The second kappa shape index (κ2) is 12.1. The molecule has 0 nitrogen and oxygen atoms in total. The van der Waals surface area contributed by atoms with Crippen LogP contribution in [-0.4, -0.2) is 0 Å². The molecule has 0 bridgehead atoms. The van der Waals surface area contributed by atoms with Crippen molar-refractivity contribution in [2.24, 2.45) is 0 Å². The highest BCUT2D eigenvalue weighted by Crippen LogP contribution is 2.15. The molecule has 0 fully saturated rings. The third-order valence-electron chi connectivity index (χ3n) is 5.03. The largest absolute Gasteiger partial charge is 0.118 e. The zero-order valence-electron chi connectivity index (χ0n) is 18.1. The molecule has 0 saturated carbocycles. The molecule has 0 unspecified atom stereocenters. The van der Waals surface area contributed by atoms with E-state index in [1.54, 1.807) is 11.3 Å². The predicted molar refractivity (Wildman–Crippen MR) is 131 cm³/mol. The Morgan fingerprint density at radius 2 is 1.07 bits per heavy atom. The van der Waals surface area contributed by atoms with Crippen LogP contribution in [0, 0.1) is 23.7 Å². The maximum atomic E-state index is 3.28. The van der Waals surface area contributed by atoms with Crippen molar-refractivity contribution < 1.29 is 0 Å². The van der Waals surface area contributed by atoms with Crippen molar-refractivity contribution in [2.45, 2.75) is 58.8 Å². The third-order valence-corrected chi connectivity index (χ3v) is 5.95. The molecule has 0 N–H and O–H groups in total. The van der Waals surface area contributed by atoms with Crippen molar-refractivity contribution >= 4 is 11.3 Å². The summed E-state index contributed by atoms with van der Waals surface area (Å²) in [6.07, 6.45) is 8.70. The van der Waals surface area contributed by atoms with Gasteiger partial charge in [-0.2, -0.15) is 0 Å². The van der Waals surface area contributed by atoms with Crippen molar-refractivity contribution in [2.75, 3.05) is 0 Å². The van der Waals surface area contributed by atoms with Crippen molar-refractivity contribution in [3.63, 3.8) is 0 Å². The molecule has 1 aromatic heterocycles. The van der Waals surface area contributed by atoms with Gasteiger partial charge in [-0.15, -0.1) is 11.3 Å². The van der Waals surface area contributed by atoms with Gasteiger partial charge in [0.1, 0.15) is 0 Å². The number of hydrogen-bond acceptors (Lipinski definition) is 1. The highest BCUT2D eigenvalue weighted by molar-refractivity contribution is 7.13. The maximum absolute atomic E-state index is 3.28. The van der Waals surface area contributed by atoms with Gasteiger partial charge in [0.05, 0.1) is 9.75 Å². The Morgan fingerprint density at radius 3 is 1.57 bits per heavy atom. The number of hydrogen-bond donors (Lipinski definition) is 0. The molecule has 1 heterocycles. The SMILES string of the molecule is CCCCCCc1ccc(C#Cc2ccc(C#Cc3ccc(CCC)cc3)s2)cc1. The zero-order chi connectivity index (χ0) is 21.0. The standard InChI is InChI=1S/C29H30S/c1-3-5-6-7-9-25-12-16-27(17-13-25)19-21-29-23-22-28(30-29)20-18-26-14-10-24(8-4-2)11-15-26/h10-17,22-23H,3-9H2,1-2H3. The summed E-state index contributed by atoms with van der Waals surface area (Å²) in [7, 11) is 0. The molecule has 0 aliphatic carbocycles. The number of aryl methyl sites for hydroxylation is 2. The van der Waals surface area contributed by atoms with E-state index in [0.29, 0.717) is 0 Å². The molecule has 0 saturated heterocycles. The Morgan fingerprint density at radius 1 is 0.533 bits per heavy atom. The topological polar surface area (TPSA) is 0 Å². The molecular weight excluding hydrogens is 380 g/mol. The van der Waals surface area contributed by atoms with Crippen molar-refractivity contribution in [1.29, 1.82) is 0 Å². The molecule has 0 aliphatic heterocycles. The number of thiophene rings is 1. The average molecular weight is 411 g/mol.